The van der Waals surface area contributed by atoms with E-state index < -0.39 is 23.5 Å². The molecule has 204 valence electrons. The number of nitrogens with zero attached hydrogens (tertiary/aromatic N) is 1. The topological polar surface area (TPSA) is 118 Å². The summed E-state index contributed by atoms with van der Waals surface area (Å²) < 4.78 is 38.8. The van der Waals surface area contributed by atoms with Crippen LogP contribution in [0.5, 0.6) is 11.5 Å². The van der Waals surface area contributed by atoms with Crippen LogP contribution in [-0.4, -0.2) is 36.0 Å². The van der Waals surface area contributed by atoms with Crippen molar-refractivity contribution < 1.29 is 37.4 Å². The number of amides is 1. The van der Waals surface area contributed by atoms with E-state index in [4.69, 9.17) is 19.9 Å². The number of hydrogen-bond acceptors (Lipinski definition) is 7. The third-order valence-corrected chi connectivity index (χ3v) is 4.62. The first-order valence-corrected chi connectivity index (χ1v) is 11.6. The van der Waals surface area contributed by atoms with Gasteiger partial charge < -0.3 is 19.9 Å². The zero-order valence-corrected chi connectivity index (χ0v) is 22.0. The minimum Gasteiger partial charge on any atom is -0.493 e. The minimum atomic E-state index is -0.787. The second-order valence-electron chi connectivity index (χ2n) is 7.93. The summed E-state index contributed by atoms with van der Waals surface area (Å²) in [4.78, 5) is 36.5. The lowest BCUT2D eigenvalue weighted by Crippen LogP contribution is -2.16. The van der Waals surface area contributed by atoms with Crippen LogP contribution in [0.3, 0.4) is 0 Å². The zero-order valence-electron chi connectivity index (χ0n) is 22.0. The molecule has 1 unspecified atom stereocenters. The Morgan fingerprint density at radius 1 is 1.03 bits per heavy atom. The fourth-order valence-electron chi connectivity index (χ4n) is 2.87. The van der Waals surface area contributed by atoms with Crippen LogP contribution in [0.2, 0.25) is 0 Å². The van der Waals surface area contributed by atoms with Gasteiger partial charge in [-0.1, -0.05) is 42.8 Å². The second-order valence-corrected chi connectivity index (χ2v) is 7.93. The van der Waals surface area contributed by atoms with E-state index in [9.17, 15) is 23.2 Å². The number of primary amides is 1. The average Bonchev–Trinajstić information content (AvgIpc) is 2.85. The summed E-state index contributed by atoms with van der Waals surface area (Å²) in [5.74, 6) is -2.40. The van der Waals surface area contributed by atoms with Crippen LogP contribution >= 0.6 is 0 Å². The molecule has 0 aliphatic rings. The Hall–Kier alpha value is -4.34. The maximum Gasteiger partial charge on any atom is 0.308 e. The number of halogens is 2. The van der Waals surface area contributed by atoms with Gasteiger partial charge in [-0.3, -0.25) is 14.4 Å². The van der Waals surface area contributed by atoms with Gasteiger partial charge in [0.25, 0.3) is 5.91 Å². The van der Waals surface area contributed by atoms with Crippen molar-refractivity contribution in [3.05, 3.63) is 89.2 Å². The van der Waals surface area contributed by atoms with Crippen molar-refractivity contribution in [2.45, 2.75) is 46.6 Å². The molecular weight excluding hydrogens is 498 g/mol. The van der Waals surface area contributed by atoms with Crippen molar-refractivity contribution in [3.8, 4) is 11.5 Å². The lowest BCUT2D eigenvalue weighted by atomic mass is 10.1. The largest absolute Gasteiger partial charge is 0.493 e. The summed E-state index contributed by atoms with van der Waals surface area (Å²) in [6.45, 7) is 7.00. The van der Waals surface area contributed by atoms with Crippen LogP contribution in [0.4, 0.5) is 8.78 Å². The van der Waals surface area contributed by atoms with E-state index in [1.165, 1.54) is 55.6 Å². The fourth-order valence-corrected chi connectivity index (χ4v) is 2.87. The number of hydrogen-bond donors (Lipinski definition) is 1. The fraction of sp³-hybridized carbons (Fsp3) is 0.286. The first kappa shape index (κ1) is 31.7. The van der Waals surface area contributed by atoms with Gasteiger partial charge in [0.05, 0.1) is 7.11 Å². The molecule has 1 amide bonds. The molecular formula is C28H32F2N2O6. The molecule has 10 heteroatoms. The Labute approximate surface area is 220 Å². The van der Waals surface area contributed by atoms with Gasteiger partial charge in [-0.2, -0.15) is 0 Å². The highest BCUT2D eigenvalue weighted by atomic mass is 19.1. The maximum absolute atomic E-state index is 11.9. The molecule has 1 atom stereocenters. The highest BCUT2D eigenvalue weighted by Gasteiger charge is 2.18. The van der Waals surface area contributed by atoms with Crippen LogP contribution in [0.15, 0.2) is 60.8 Å². The molecule has 1 aromatic heterocycles. The predicted octanol–water partition coefficient (Wildman–Crippen LogP) is 4.96. The van der Waals surface area contributed by atoms with Crippen LogP contribution < -0.4 is 15.2 Å². The number of rotatable bonds is 7. The van der Waals surface area contributed by atoms with E-state index in [1.54, 1.807) is 6.92 Å². The number of aromatic nitrogens is 1. The van der Waals surface area contributed by atoms with Gasteiger partial charge in [0.15, 0.2) is 11.4 Å². The van der Waals surface area contributed by atoms with Gasteiger partial charge in [-0.25, -0.2) is 13.8 Å². The summed E-state index contributed by atoms with van der Waals surface area (Å²) in [7, 11) is 1.38. The molecule has 0 aliphatic carbocycles. The lowest BCUT2D eigenvalue weighted by molar-refractivity contribution is -0.147. The molecule has 1 heterocycles. The van der Waals surface area contributed by atoms with E-state index in [0.717, 1.165) is 12.5 Å². The summed E-state index contributed by atoms with van der Waals surface area (Å²) in [6.07, 6.45) is 2.52. The summed E-state index contributed by atoms with van der Waals surface area (Å²) in [5.41, 5.74) is 7.38. The molecule has 38 heavy (non-hydrogen) atoms. The maximum atomic E-state index is 11.9. The molecule has 0 saturated heterocycles. The van der Waals surface area contributed by atoms with E-state index >= 15 is 0 Å². The molecule has 3 rings (SSSR count). The van der Waals surface area contributed by atoms with E-state index in [0.29, 0.717) is 6.42 Å². The zero-order chi connectivity index (χ0) is 28.7. The van der Waals surface area contributed by atoms with Crippen molar-refractivity contribution in [2.24, 2.45) is 5.73 Å². The van der Waals surface area contributed by atoms with Gasteiger partial charge in [0, 0.05) is 38.1 Å². The summed E-state index contributed by atoms with van der Waals surface area (Å²) in [6, 6.07) is 14.3. The molecule has 8 nitrogen and oxygen atoms in total. The number of esters is 2. The Kier molecular flexibility index (Phi) is 13.7. The molecule has 0 bridgehead atoms. The molecule has 0 aliphatic heterocycles. The molecule has 0 spiro atoms. The quantitative estimate of drug-likeness (QED) is 0.429. The number of nitrogens with two attached hydrogens (primary N) is 1. The predicted molar refractivity (Wildman–Crippen MR) is 138 cm³/mol. The number of aryl methyl sites for hydroxylation is 1. The molecule has 2 N–H and O–H groups in total. The Balaban J connectivity index is 0.000000298. The Morgan fingerprint density at radius 3 is 2.08 bits per heavy atom. The van der Waals surface area contributed by atoms with Crippen LogP contribution in [-0.2, 0) is 20.7 Å². The number of pyridine rings is 1. The SMILES string of the molecule is CCC(=O)OC(C)Cc1ccc(C)cc1.COc1ccnc(C(N)=O)c1OC(C)=O.Fc1cccc(F)c1. The molecule has 0 radical (unpaired) electrons. The van der Waals surface area contributed by atoms with Crippen molar-refractivity contribution >= 4 is 17.8 Å². The second kappa shape index (κ2) is 16.4. The van der Waals surface area contributed by atoms with Gasteiger partial charge in [0.1, 0.15) is 17.7 Å². The van der Waals surface area contributed by atoms with Crippen molar-refractivity contribution in [1.82, 2.24) is 4.98 Å². The smallest absolute Gasteiger partial charge is 0.308 e. The van der Waals surface area contributed by atoms with Crippen molar-refractivity contribution in [1.29, 1.82) is 0 Å². The van der Waals surface area contributed by atoms with E-state index in [2.05, 4.69) is 36.2 Å². The molecule has 0 fully saturated rings. The highest BCUT2D eigenvalue weighted by Crippen LogP contribution is 2.29. The molecule has 3 aromatic rings. The first-order chi connectivity index (χ1) is 18.0. The summed E-state index contributed by atoms with van der Waals surface area (Å²) in [5, 5.41) is 0. The minimum absolute atomic E-state index is 0.0415. The Morgan fingerprint density at radius 2 is 1.63 bits per heavy atom. The van der Waals surface area contributed by atoms with Crippen LogP contribution in [0.25, 0.3) is 0 Å². The first-order valence-electron chi connectivity index (χ1n) is 11.6. The summed E-state index contributed by atoms with van der Waals surface area (Å²) >= 11 is 0. The number of carbonyl (C=O) groups excluding carboxylic acids is 3. The van der Waals surface area contributed by atoms with Crippen molar-refractivity contribution in [3.63, 3.8) is 0 Å². The number of ether oxygens (including phenoxy) is 3. The van der Waals surface area contributed by atoms with E-state index in [1.807, 2.05) is 6.92 Å². The van der Waals surface area contributed by atoms with Gasteiger partial charge in [-0.05, 0) is 31.5 Å². The van der Waals surface area contributed by atoms with Crippen molar-refractivity contribution in [2.75, 3.05) is 7.11 Å². The molecule has 0 saturated carbocycles. The monoisotopic (exact) mass is 530 g/mol. The lowest BCUT2D eigenvalue weighted by Gasteiger charge is -2.12. The van der Waals surface area contributed by atoms with E-state index in [-0.39, 0.29) is 29.3 Å². The standard InChI is InChI=1S/C13H18O2.C9H10N2O4.C6H4F2/c1-4-13(14)15-11(3)9-12-7-5-10(2)6-8-12;1-5(12)15-8-6(14-2)3-4-11-7(8)9(10)13;7-5-2-1-3-6(8)4-5/h5-8,11H,4,9H2,1-3H3;3-4H,1-2H3,(H2,10,13);1-4H. The van der Waals surface area contributed by atoms with Gasteiger partial charge in [-0.15, -0.1) is 0 Å². The number of methoxy groups -OCH3 is 1. The van der Waals surface area contributed by atoms with Gasteiger partial charge in [0.2, 0.25) is 5.75 Å². The third-order valence-electron chi connectivity index (χ3n) is 4.62. The van der Waals surface area contributed by atoms with Crippen LogP contribution in [0, 0.1) is 18.6 Å². The number of carbonyl (C=O) groups is 3. The normalized spacial score (nSPS) is 10.5. The third kappa shape index (κ3) is 12.1. The Bertz CT molecular complexity index is 1180. The average molecular weight is 531 g/mol. The molecule has 2 aromatic carbocycles. The van der Waals surface area contributed by atoms with Crippen LogP contribution in [0.1, 0.15) is 48.8 Å². The van der Waals surface area contributed by atoms with Gasteiger partial charge >= 0.3 is 11.9 Å². The highest BCUT2D eigenvalue weighted by molar-refractivity contribution is 5.95. The number of benzene rings is 2.